The molecule has 14 heavy (non-hydrogen) atoms. The molecule has 0 radical (unpaired) electrons. The van der Waals surface area contributed by atoms with E-state index in [-0.39, 0.29) is 0 Å². The predicted octanol–water partition coefficient (Wildman–Crippen LogP) is 1.25. The van der Waals surface area contributed by atoms with Crippen LogP contribution in [0.15, 0.2) is 18.5 Å². The molecule has 0 aliphatic carbocycles. The summed E-state index contributed by atoms with van der Waals surface area (Å²) in [5, 5.41) is 13.5. The van der Waals surface area contributed by atoms with E-state index in [0.29, 0.717) is 18.0 Å². The number of hydrogen-bond acceptors (Lipinski definition) is 3. The maximum Gasteiger partial charge on any atom is 0.0784 e. The van der Waals surface area contributed by atoms with Crippen molar-refractivity contribution in [2.45, 2.75) is 18.9 Å². The molecule has 0 amide bonds. The zero-order chi connectivity index (χ0) is 10.6. The summed E-state index contributed by atoms with van der Waals surface area (Å²) in [7, 11) is 1.81. The van der Waals surface area contributed by atoms with Gasteiger partial charge in [-0.3, -0.25) is 4.98 Å². The molecule has 1 aromatic rings. The third-order valence-electron chi connectivity index (χ3n) is 1.99. The molecular weight excluding hydrogens is 200 g/mol. The summed E-state index contributed by atoms with van der Waals surface area (Å²) >= 11 is 5.94. The lowest BCUT2D eigenvalue weighted by Gasteiger charge is -2.23. The van der Waals surface area contributed by atoms with Crippen LogP contribution in [0, 0.1) is 0 Å². The van der Waals surface area contributed by atoms with Crippen molar-refractivity contribution < 1.29 is 5.11 Å². The van der Waals surface area contributed by atoms with Gasteiger partial charge < -0.3 is 10.4 Å². The van der Waals surface area contributed by atoms with Crippen molar-refractivity contribution in [2.24, 2.45) is 0 Å². The molecule has 0 aliphatic rings. The summed E-state index contributed by atoms with van der Waals surface area (Å²) in [5.74, 6) is 0. The Kier molecular flexibility index (Phi) is 3.86. The SMILES string of the molecule is CNCC(C)(O)Cc1ccncc1Cl. The second kappa shape index (κ2) is 4.73. The van der Waals surface area contributed by atoms with Gasteiger partial charge in [0.1, 0.15) is 0 Å². The standard InChI is InChI=1S/C10H15ClN2O/c1-10(14,7-12-2)5-8-3-4-13-6-9(8)11/h3-4,6,12,14H,5,7H2,1-2H3. The second-order valence-electron chi connectivity index (χ2n) is 3.67. The summed E-state index contributed by atoms with van der Waals surface area (Å²) in [4.78, 5) is 3.89. The number of pyridine rings is 1. The quantitative estimate of drug-likeness (QED) is 0.793. The predicted molar refractivity (Wildman–Crippen MR) is 57.5 cm³/mol. The molecule has 78 valence electrons. The van der Waals surface area contributed by atoms with Crippen molar-refractivity contribution in [3.05, 3.63) is 29.0 Å². The summed E-state index contributed by atoms with van der Waals surface area (Å²) in [6.45, 7) is 2.31. The van der Waals surface area contributed by atoms with Crippen LogP contribution in [0.2, 0.25) is 5.02 Å². The highest BCUT2D eigenvalue weighted by Gasteiger charge is 2.20. The van der Waals surface area contributed by atoms with Crippen molar-refractivity contribution in [1.29, 1.82) is 0 Å². The number of aromatic nitrogens is 1. The lowest BCUT2D eigenvalue weighted by molar-refractivity contribution is 0.0622. The van der Waals surface area contributed by atoms with Crippen LogP contribution < -0.4 is 5.32 Å². The molecule has 4 heteroatoms. The maximum atomic E-state index is 9.95. The van der Waals surface area contributed by atoms with E-state index in [1.165, 1.54) is 0 Å². The first-order valence-corrected chi connectivity index (χ1v) is 4.88. The minimum atomic E-state index is -0.778. The molecule has 0 aromatic carbocycles. The van der Waals surface area contributed by atoms with E-state index in [2.05, 4.69) is 10.3 Å². The van der Waals surface area contributed by atoms with Crippen LogP contribution in [0.5, 0.6) is 0 Å². The number of aliphatic hydroxyl groups is 1. The molecule has 0 spiro atoms. The normalized spacial score (nSPS) is 15.1. The highest BCUT2D eigenvalue weighted by Crippen LogP contribution is 2.19. The van der Waals surface area contributed by atoms with Crippen LogP contribution in [0.25, 0.3) is 0 Å². The van der Waals surface area contributed by atoms with Gasteiger partial charge in [-0.05, 0) is 25.6 Å². The first-order chi connectivity index (χ1) is 6.55. The average molecular weight is 215 g/mol. The minimum absolute atomic E-state index is 0.523. The van der Waals surface area contributed by atoms with E-state index in [0.717, 1.165) is 5.56 Å². The molecule has 0 fully saturated rings. The molecule has 2 N–H and O–H groups in total. The van der Waals surface area contributed by atoms with Gasteiger partial charge in [-0.15, -0.1) is 0 Å². The number of nitrogens with zero attached hydrogens (tertiary/aromatic N) is 1. The second-order valence-corrected chi connectivity index (χ2v) is 4.08. The third kappa shape index (κ3) is 3.25. The summed E-state index contributed by atoms with van der Waals surface area (Å²) in [5.41, 5.74) is 0.140. The molecule has 0 saturated heterocycles. The van der Waals surface area contributed by atoms with Crippen LogP contribution >= 0.6 is 11.6 Å². The molecule has 0 aliphatic heterocycles. The van der Waals surface area contributed by atoms with Gasteiger partial charge in [0.05, 0.1) is 10.6 Å². The Bertz CT molecular complexity index is 302. The molecule has 1 heterocycles. The van der Waals surface area contributed by atoms with E-state index >= 15 is 0 Å². The first kappa shape index (κ1) is 11.4. The van der Waals surface area contributed by atoms with Crippen molar-refractivity contribution in [1.82, 2.24) is 10.3 Å². The zero-order valence-electron chi connectivity index (χ0n) is 8.42. The summed E-state index contributed by atoms with van der Waals surface area (Å²) in [6.07, 6.45) is 3.79. The van der Waals surface area contributed by atoms with Gasteiger partial charge in [0, 0.05) is 25.4 Å². The van der Waals surface area contributed by atoms with E-state index in [4.69, 9.17) is 11.6 Å². The number of likely N-dealkylation sites (N-methyl/N-ethyl adjacent to an activating group) is 1. The van der Waals surface area contributed by atoms with Gasteiger partial charge in [0.15, 0.2) is 0 Å². The Labute approximate surface area is 89.1 Å². The van der Waals surface area contributed by atoms with Crippen molar-refractivity contribution >= 4 is 11.6 Å². The fraction of sp³-hybridized carbons (Fsp3) is 0.500. The van der Waals surface area contributed by atoms with Gasteiger partial charge in [-0.1, -0.05) is 11.6 Å². The van der Waals surface area contributed by atoms with Gasteiger partial charge in [-0.25, -0.2) is 0 Å². The highest BCUT2D eigenvalue weighted by atomic mass is 35.5. The monoisotopic (exact) mass is 214 g/mol. The lowest BCUT2D eigenvalue weighted by Crippen LogP contribution is -2.38. The van der Waals surface area contributed by atoms with Gasteiger partial charge in [-0.2, -0.15) is 0 Å². The molecule has 1 rings (SSSR count). The van der Waals surface area contributed by atoms with Crippen LogP contribution in [-0.4, -0.2) is 29.3 Å². The fourth-order valence-electron chi connectivity index (χ4n) is 1.40. The molecular formula is C10H15ClN2O. The Balaban J connectivity index is 2.73. The number of halogens is 1. The lowest BCUT2D eigenvalue weighted by atomic mass is 9.97. The Morgan fingerprint density at radius 1 is 1.64 bits per heavy atom. The zero-order valence-corrected chi connectivity index (χ0v) is 9.17. The highest BCUT2D eigenvalue weighted by molar-refractivity contribution is 6.31. The van der Waals surface area contributed by atoms with Crippen LogP contribution in [0.1, 0.15) is 12.5 Å². The van der Waals surface area contributed by atoms with E-state index in [9.17, 15) is 5.11 Å². The van der Waals surface area contributed by atoms with Gasteiger partial charge >= 0.3 is 0 Å². The molecule has 1 atom stereocenters. The van der Waals surface area contributed by atoms with Crippen LogP contribution in [0.3, 0.4) is 0 Å². The molecule has 0 saturated carbocycles. The number of hydrogen-bond donors (Lipinski definition) is 2. The van der Waals surface area contributed by atoms with Crippen LogP contribution in [0.4, 0.5) is 0 Å². The molecule has 0 bridgehead atoms. The summed E-state index contributed by atoms with van der Waals surface area (Å²) in [6, 6.07) is 1.83. The van der Waals surface area contributed by atoms with Crippen molar-refractivity contribution in [2.75, 3.05) is 13.6 Å². The minimum Gasteiger partial charge on any atom is -0.389 e. The third-order valence-corrected chi connectivity index (χ3v) is 2.33. The van der Waals surface area contributed by atoms with E-state index < -0.39 is 5.60 Å². The molecule has 1 unspecified atom stereocenters. The largest absolute Gasteiger partial charge is 0.389 e. The van der Waals surface area contributed by atoms with Gasteiger partial charge in [0.25, 0.3) is 0 Å². The Hall–Kier alpha value is -0.640. The summed E-state index contributed by atoms with van der Waals surface area (Å²) < 4.78 is 0. The Morgan fingerprint density at radius 3 is 2.93 bits per heavy atom. The van der Waals surface area contributed by atoms with Crippen molar-refractivity contribution in [3.8, 4) is 0 Å². The fourth-order valence-corrected chi connectivity index (χ4v) is 1.59. The van der Waals surface area contributed by atoms with Crippen molar-refractivity contribution in [3.63, 3.8) is 0 Å². The van der Waals surface area contributed by atoms with Crippen LogP contribution in [-0.2, 0) is 6.42 Å². The Morgan fingerprint density at radius 2 is 2.36 bits per heavy atom. The van der Waals surface area contributed by atoms with E-state index in [1.807, 2.05) is 13.1 Å². The first-order valence-electron chi connectivity index (χ1n) is 4.50. The van der Waals surface area contributed by atoms with Gasteiger partial charge in [0.2, 0.25) is 0 Å². The number of rotatable bonds is 4. The average Bonchev–Trinajstić information content (AvgIpc) is 2.08. The topological polar surface area (TPSA) is 45.1 Å². The van der Waals surface area contributed by atoms with E-state index in [1.54, 1.807) is 19.3 Å². The number of nitrogens with one attached hydrogen (secondary N) is 1. The smallest absolute Gasteiger partial charge is 0.0784 e. The maximum absolute atomic E-state index is 9.95. The molecule has 1 aromatic heterocycles. The molecule has 3 nitrogen and oxygen atoms in total.